The topological polar surface area (TPSA) is 65.0 Å². The van der Waals surface area contributed by atoms with Gasteiger partial charge in [-0.2, -0.15) is 0 Å². The van der Waals surface area contributed by atoms with Crippen LogP contribution in [0.1, 0.15) is 22.3 Å². The van der Waals surface area contributed by atoms with Gasteiger partial charge in [0.2, 0.25) is 0 Å². The van der Waals surface area contributed by atoms with Crippen molar-refractivity contribution in [3.8, 4) is 56.4 Å². The minimum Gasteiger partial charge on any atom is -0.456 e. The number of fused-ring (bicyclic) bond motifs is 17. The third kappa shape index (κ3) is 4.09. The number of para-hydroxylation sites is 1. The standard InChI is InChI=1S/C52H29N3O2/c1-3-13-30(14-4-1)49-53-50(31-15-5-2-6-16-31)55-51(54-49)32-23-25-44-39(27-32)47-45(56-44)26-24-36-37-28-38-35-19-9-12-22-43(35)57-46(38)29-42(37)52(48(36)47)40-20-10-7-17-33(40)34-18-8-11-21-41(34)52/h1-29H. The quantitative estimate of drug-likeness (QED) is 0.181. The molecule has 1 spiro atoms. The maximum absolute atomic E-state index is 6.78. The van der Waals surface area contributed by atoms with Crippen molar-refractivity contribution in [2.24, 2.45) is 0 Å². The molecule has 3 heterocycles. The first kappa shape index (κ1) is 30.7. The van der Waals surface area contributed by atoms with Crippen LogP contribution in [0.25, 0.3) is 100 Å². The van der Waals surface area contributed by atoms with Gasteiger partial charge in [-0.05, 0) is 87.0 Å². The summed E-state index contributed by atoms with van der Waals surface area (Å²) in [5.41, 5.74) is 15.4. The lowest BCUT2D eigenvalue weighted by Gasteiger charge is -2.31. The normalized spacial score (nSPS) is 13.4. The van der Waals surface area contributed by atoms with Crippen molar-refractivity contribution in [1.82, 2.24) is 15.0 Å². The minimum absolute atomic E-state index is 0.605. The molecule has 0 bridgehead atoms. The summed E-state index contributed by atoms with van der Waals surface area (Å²) >= 11 is 0. The fourth-order valence-electron chi connectivity index (χ4n) is 9.79. The molecule has 0 unspecified atom stereocenters. The highest BCUT2D eigenvalue weighted by Gasteiger charge is 2.53. The molecule has 0 aliphatic heterocycles. The number of rotatable bonds is 3. The maximum atomic E-state index is 6.78. The zero-order chi connectivity index (χ0) is 37.2. The molecule has 264 valence electrons. The Bertz CT molecular complexity index is 3370. The zero-order valence-corrected chi connectivity index (χ0v) is 30.4. The number of hydrogen-bond acceptors (Lipinski definition) is 5. The zero-order valence-electron chi connectivity index (χ0n) is 30.4. The summed E-state index contributed by atoms with van der Waals surface area (Å²) in [6, 6.07) is 61.8. The summed E-state index contributed by atoms with van der Waals surface area (Å²) in [5, 5.41) is 4.34. The molecule has 5 heteroatoms. The van der Waals surface area contributed by atoms with E-state index < -0.39 is 5.41 Å². The van der Waals surface area contributed by atoms with E-state index in [9.17, 15) is 0 Å². The van der Waals surface area contributed by atoms with E-state index in [4.69, 9.17) is 23.8 Å². The fourth-order valence-corrected chi connectivity index (χ4v) is 9.79. The highest BCUT2D eigenvalue weighted by atomic mass is 16.3. The van der Waals surface area contributed by atoms with E-state index in [2.05, 4.69) is 109 Å². The first-order valence-electron chi connectivity index (χ1n) is 19.3. The predicted molar refractivity (Wildman–Crippen MR) is 227 cm³/mol. The third-order valence-electron chi connectivity index (χ3n) is 12.1. The second-order valence-corrected chi connectivity index (χ2v) is 15.0. The predicted octanol–water partition coefficient (Wildman–Crippen LogP) is 13.0. The molecule has 57 heavy (non-hydrogen) atoms. The largest absolute Gasteiger partial charge is 0.456 e. The van der Waals surface area contributed by atoms with Crippen LogP contribution in [0.15, 0.2) is 185 Å². The van der Waals surface area contributed by atoms with E-state index in [-0.39, 0.29) is 0 Å². The third-order valence-corrected chi connectivity index (χ3v) is 12.1. The van der Waals surface area contributed by atoms with Gasteiger partial charge in [-0.3, -0.25) is 0 Å². The van der Waals surface area contributed by atoms with Crippen LogP contribution in [0.3, 0.4) is 0 Å². The summed E-state index contributed by atoms with van der Waals surface area (Å²) in [5.74, 6) is 1.86. The van der Waals surface area contributed by atoms with Crippen molar-refractivity contribution in [1.29, 1.82) is 0 Å². The van der Waals surface area contributed by atoms with Crippen molar-refractivity contribution in [3.63, 3.8) is 0 Å². The van der Waals surface area contributed by atoms with Crippen LogP contribution >= 0.6 is 0 Å². The van der Waals surface area contributed by atoms with Crippen molar-refractivity contribution in [3.05, 3.63) is 198 Å². The van der Waals surface area contributed by atoms with Crippen molar-refractivity contribution in [2.45, 2.75) is 5.41 Å². The Morgan fingerprint density at radius 3 is 1.60 bits per heavy atom. The highest BCUT2D eigenvalue weighted by molar-refractivity contribution is 6.16. The van der Waals surface area contributed by atoms with Crippen LogP contribution in [0.4, 0.5) is 0 Å². The number of furan rings is 2. The van der Waals surface area contributed by atoms with Gasteiger partial charge in [0.1, 0.15) is 22.3 Å². The van der Waals surface area contributed by atoms with Gasteiger partial charge in [0, 0.05) is 38.2 Å². The molecular weight excluding hydrogens is 699 g/mol. The number of benzene rings is 8. The molecule has 0 N–H and O–H groups in total. The molecule has 0 fully saturated rings. The van der Waals surface area contributed by atoms with Crippen LogP contribution < -0.4 is 0 Å². The smallest absolute Gasteiger partial charge is 0.164 e. The Hall–Kier alpha value is -7.63. The van der Waals surface area contributed by atoms with Gasteiger partial charge in [0.05, 0.1) is 5.41 Å². The van der Waals surface area contributed by atoms with Gasteiger partial charge < -0.3 is 8.83 Å². The molecule has 0 saturated carbocycles. The molecule has 8 aromatic carbocycles. The molecule has 0 saturated heterocycles. The maximum Gasteiger partial charge on any atom is 0.164 e. The van der Waals surface area contributed by atoms with Gasteiger partial charge in [0.15, 0.2) is 17.5 Å². The van der Waals surface area contributed by atoms with Gasteiger partial charge in [0.25, 0.3) is 0 Å². The van der Waals surface area contributed by atoms with Crippen molar-refractivity contribution < 1.29 is 8.83 Å². The summed E-state index contributed by atoms with van der Waals surface area (Å²) in [4.78, 5) is 15.1. The van der Waals surface area contributed by atoms with Gasteiger partial charge in [-0.1, -0.05) is 133 Å². The first-order chi connectivity index (χ1) is 28.2. The monoisotopic (exact) mass is 727 g/mol. The summed E-state index contributed by atoms with van der Waals surface area (Å²) in [7, 11) is 0. The average Bonchev–Trinajstić information content (AvgIpc) is 4.00. The van der Waals surface area contributed by atoms with E-state index in [1.165, 1.54) is 44.5 Å². The molecular formula is C52H29N3O2. The molecule has 11 aromatic rings. The molecule has 0 amide bonds. The molecule has 0 atom stereocenters. The molecule has 13 rings (SSSR count). The molecule has 0 radical (unpaired) electrons. The lowest BCUT2D eigenvalue weighted by molar-refractivity contribution is 0.666. The van der Waals surface area contributed by atoms with Gasteiger partial charge >= 0.3 is 0 Å². The van der Waals surface area contributed by atoms with Crippen LogP contribution in [0.5, 0.6) is 0 Å². The summed E-state index contributed by atoms with van der Waals surface area (Å²) in [6.45, 7) is 0. The molecule has 5 nitrogen and oxygen atoms in total. The van der Waals surface area contributed by atoms with E-state index in [1.54, 1.807) is 0 Å². The average molecular weight is 728 g/mol. The van der Waals surface area contributed by atoms with E-state index in [0.29, 0.717) is 17.5 Å². The lowest BCUT2D eigenvalue weighted by Crippen LogP contribution is -2.26. The molecule has 3 aromatic heterocycles. The van der Waals surface area contributed by atoms with Crippen LogP contribution in [-0.2, 0) is 5.41 Å². The van der Waals surface area contributed by atoms with Gasteiger partial charge in [-0.25, -0.2) is 15.0 Å². The Morgan fingerprint density at radius 2 is 0.895 bits per heavy atom. The second kappa shape index (κ2) is 11.2. The number of aromatic nitrogens is 3. The number of nitrogens with zero attached hydrogens (tertiary/aromatic N) is 3. The van der Waals surface area contributed by atoms with E-state index in [1.807, 2.05) is 66.7 Å². The number of hydrogen-bond donors (Lipinski definition) is 0. The SMILES string of the molecule is c1ccc(-c2nc(-c3ccccc3)nc(-c3ccc4oc5ccc6c(c5c4c3)C3(c4ccccc4-c4ccccc43)c3cc4oc5ccccc5c4cc3-6)n2)cc1. The summed E-state index contributed by atoms with van der Waals surface area (Å²) < 4.78 is 13.4. The Morgan fingerprint density at radius 1 is 0.333 bits per heavy atom. The van der Waals surface area contributed by atoms with Crippen molar-refractivity contribution >= 4 is 43.9 Å². The molecule has 2 aliphatic rings. The fraction of sp³-hybridized carbons (Fsp3) is 0.0192. The summed E-state index contributed by atoms with van der Waals surface area (Å²) in [6.07, 6.45) is 0. The Kier molecular flexibility index (Phi) is 6.04. The first-order valence-corrected chi connectivity index (χ1v) is 19.3. The lowest BCUT2D eigenvalue weighted by atomic mass is 9.69. The second-order valence-electron chi connectivity index (χ2n) is 15.0. The van der Waals surface area contributed by atoms with E-state index in [0.717, 1.165) is 60.6 Å². The Balaban J connectivity index is 1.13. The Labute approximate surface area is 326 Å². The van der Waals surface area contributed by atoms with Gasteiger partial charge in [-0.15, -0.1) is 0 Å². The van der Waals surface area contributed by atoms with E-state index >= 15 is 0 Å². The van der Waals surface area contributed by atoms with Crippen LogP contribution in [0.2, 0.25) is 0 Å². The van der Waals surface area contributed by atoms with Crippen molar-refractivity contribution in [2.75, 3.05) is 0 Å². The highest BCUT2D eigenvalue weighted by Crippen LogP contribution is 2.65. The van der Waals surface area contributed by atoms with Crippen LogP contribution in [0, 0.1) is 0 Å². The minimum atomic E-state index is -0.620. The van der Waals surface area contributed by atoms with Crippen LogP contribution in [-0.4, -0.2) is 15.0 Å². The molecule has 2 aliphatic carbocycles.